The van der Waals surface area contributed by atoms with Gasteiger partial charge in [-0.3, -0.25) is 4.79 Å². The summed E-state index contributed by atoms with van der Waals surface area (Å²) in [5.74, 6) is -2.58. The first-order chi connectivity index (χ1) is 8.99. The molecule has 19 heavy (non-hydrogen) atoms. The van der Waals surface area contributed by atoms with Gasteiger partial charge < -0.3 is 19.7 Å². The third kappa shape index (κ3) is 1.50. The van der Waals surface area contributed by atoms with Crippen molar-refractivity contribution >= 4 is 21.9 Å². The highest BCUT2D eigenvalue weighted by atomic mass is 19.1. The number of phenolic OH excluding ortho intramolecular Hbond substituents is 3. The monoisotopic (exact) mass is 262 g/mol. The van der Waals surface area contributed by atoms with Gasteiger partial charge in [0.1, 0.15) is 33.4 Å². The van der Waals surface area contributed by atoms with Crippen LogP contribution in [-0.4, -0.2) is 15.3 Å². The molecule has 0 unspecified atom stereocenters. The number of aromatic hydroxyl groups is 3. The van der Waals surface area contributed by atoms with Gasteiger partial charge in [-0.25, -0.2) is 4.39 Å². The molecule has 0 spiro atoms. The molecule has 2 aromatic carbocycles. The molecule has 0 aliphatic rings. The number of rotatable bonds is 0. The van der Waals surface area contributed by atoms with Crippen LogP contribution in [0.25, 0.3) is 21.9 Å². The molecule has 0 aliphatic carbocycles. The Morgan fingerprint density at radius 1 is 1.00 bits per heavy atom. The summed E-state index contributed by atoms with van der Waals surface area (Å²) >= 11 is 0. The second-order valence-corrected chi connectivity index (χ2v) is 4.04. The molecule has 0 bridgehead atoms. The van der Waals surface area contributed by atoms with Crippen LogP contribution in [0.2, 0.25) is 0 Å². The van der Waals surface area contributed by atoms with E-state index < -0.39 is 22.7 Å². The van der Waals surface area contributed by atoms with Gasteiger partial charge in [-0.1, -0.05) is 0 Å². The summed E-state index contributed by atoms with van der Waals surface area (Å²) in [6, 6.07) is 4.25. The van der Waals surface area contributed by atoms with Crippen molar-refractivity contribution in [2.24, 2.45) is 0 Å². The minimum absolute atomic E-state index is 0.0404. The minimum atomic E-state index is -0.961. The maximum Gasteiger partial charge on any atom is 0.208 e. The second kappa shape index (κ2) is 3.61. The average Bonchev–Trinajstić information content (AvgIpc) is 2.32. The molecule has 5 nitrogen and oxygen atoms in total. The lowest BCUT2D eigenvalue weighted by Gasteiger charge is -2.05. The number of hydrogen-bond donors (Lipinski definition) is 3. The van der Waals surface area contributed by atoms with Gasteiger partial charge >= 0.3 is 0 Å². The smallest absolute Gasteiger partial charge is 0.208 e. The van der Waals surface area contributed by atoms with Crippen LogP contribution in [0.1, 0.15) is 0 Å². The standard InChI is InChI=1S/C13H7FO5/c14-6-1-2-8-11(12(6)17)13(18)10-7(16)3-5(15)4-9(10)19-8/h1-4,15-17H. The summed E-state index contributed by atoms with van der Waals surface area (Å²) in [6.45, 7) is 0. The van der Waals surface area contributed by atoms with Gasteiger partial charge in [0, 0.05) is 12.1 Å². The van der Waals surface area contributed by atoms with Crippen LogP contribution in [0, 0.1) is 5.82 Å². The third-order valence-corrected chi connectivity index (χ3v) is 2.83. The Bertz CT molecular complexity index is 882. The maximum absolute atomic E-state index is 13.3. The zero-order chi connectivity index (χ0) is 13.7. The van der Waals surface area contributed by atoms with Gasteiger partial charge in [0.05, 0.1) is 0 Å². The summed E-state index contributed by atoms with van der Waals surface area (Å²) in [7, 11) is 0. The Morgan fingerprint density at radius 2 is 1.74 bits per heavy atom. The molecule has 0 atom stereocenters. The van der Waals surface area contributed by atoms with Crippen molar-refractivity contribution in [3.63, 3.8) is 0 Å². The van der Waals surface area contributed by atoms with E-state index in [1.807, 2.05) is 0 Å². The average molecular weight is 262 g/mol. The fourth-order valence-corrected chi connectivity index (χ4v) is 1.99. The molecular formula is C13H7FO5. The first-order valence-corrected chi connectivity index (χ1v) is 5.29. The summed E-state index contributed by atoms with van der Waals surface area (Å²) in [5.41, 5.74) is -0.867. The molecule has 0 radical (unpaired) electrons. The fraction of sp³-hybridized carbons (Fsp3) is 0. The molecule has 1 heterocycles. The molecular weight excluding hydrogens is 255 g/mol. The van der Waals surface area contributed by atoms with Gasteiger partial charge in [-0.2, -0.15) is 0 Å². The molecule has 96 valence electrons. The molecule has 0 fully saturated rings. The molecule has 6 heteroatoms. The Labute approximate surface area is 104 Å². The number of hydrogen-bond acceptors (Lipinski definition) is 5. The molecule has 0 aliphatic heterocycles. The van der Waals surface area contributed by atoms with Crippen molar-refractivity contribution in [3.05, 3.63) is 40.3 Å². The Balaban J connectivity index is 2.65. The molecule has 3 aromatic rings. The Morgan fingerprint density at radius 3 is 2.47 bits per heavy atom. The predicted octanol–water partition coefficient (Wildman–Crippen LogP) is 2.20. The number of benzene rings is 2. The minimum Gasteiger partial charge on any atom is -0.508 e. The molecule has 0 amide bonds. The largest absolute Gasteiger partial charge is 0.508 e. The Hall–Kier alpha value is -2.76. The zero-order valence-corrected chi connectivity index (χ0v) is 9.35. The first-order valence-electron chi connectivity index (χ1n) is 5.29. The van der Waals surface area contributed by atoms with Crippen molar-refractivity contribution in [2.75, 3.05) is 0 Å². The second-order valence-electron chi connectivity index (χ2n) is 4.04. The van der Waals surface area contributed by atoms with Gasteiger partial charge in [0.15, 0.2) is 11.6 Å². The van der Waals surface area contributed by atoms with E-state index in [-0.39, 0.29) is 27.7 Å². The zero-order valence-electron chi connectivity index (χ0n) is 9.35. The summed E-state index contributed by atoms with van der Waals surface area (Å²) < 4.78 is 18.5. The van der Waals surface area contributed by atoms with Crippen LogP contribution in [-0.2, 0) is 0 Å². The lowest BCUT2D eigenvalue weighted by Crippen LogP contribution is -2.03. The van der Waals surface area contributed by atoms with Crippen LogP contribution in [0.15, 0.2) is 33.5 Å². The quantitative estimate of drug-likeness (QED) is 0.540. The van der Waals surface area contributed by atoms with E-state index in [2.05, 4.69) is 0 Å². The first kappa shape index (κ1) is 11.3. The molecule has 3 rings (SSSR count). The van der Waals surface area contributed by atoms with Gasteiger partial charge in [-0.15, -0.1) is 0 Å². The Kier molecular flexibility index (Phi) is 2.16. The van der Waals surface area contributed by atoms with Crippen molar-refractivity contribution < 1.29 is 24.1 Å². The topological polar surface area (TPSA) is 90.9 Å². The van der Waals surface area contributed by atoms with Crippen LogP contribution in [0.4, 0.5) is 4.39 Å². The summed E-state index contributed by atoms with van der Waals surface area (Å²) in [4.78, 5) is 12.2. The van der Waals surface area contributed by atoms with E-state index in [4.69, 9.17) is 4.42 Å². The van der Waals surface area contributed by atoms with E-state index >= 15 is 0 Å². The van der Waals surface area contributed by atoms with Crippen LogP contribution in [0.3, 0.4) is 0 Å². The SMILES string of the molecule is O=c1c2c(O)cc(O)cc2oc2ccc(F)c(O)c12. The van der Waals surface area contributed by atoms with Crippen LogP contribution in [0.5, 0.6) is 17.2 Å². The highest BCUT2D eigenvalue weighted by Gasteiger charge is 2.17. The van der Waals surface area contributed by atoms with E-state index in [0.717, 1.165) is 18.2 Å². The highest BCUT2D eigenvalue weighted by Crippen LogP contribution is 2.32. The van der Waals surface area contributed by atoms with Gasteiger partial charge in [0.2, 0.25) is 5.43 Å². The molecule has 3 N–H and O–H groups in total. The van der Waals surface area contributed by atoms with E-state index in [1.54, 1.807) is 0 Å². The van der Waals surface area contributed by atoms with Crippen LogP contribution < -0.4 is 5.43 Å². The predicted molar refractivity (Wildman–Crippen MR) is 64.9 cm³/mol. The van der Waals surface area contributed by atoms with Crippen molar-refractivity contribution in [2.45, 2.75) is 0 Å². The van der Waals surface area contributed by atoms with Crippen molar-refractivity contribution in [3.8, 4) is 17.2 Å². The molecule has 0 saturated heterocycles. The number of halogens is 1. The van der Waals surface area contributed by atoms with Crippen molar-refractivity contribution in [1.82, 2.24) is 0 Å². The fourth-order valence-electron chi connectivity index (χ4n) is 1.99. The number of phenols is 3. The van der Waals surface area contributed by atoms with Crippen LogP contribution >= 0.6 is 0 Å². The van der Waals surface area contributed by atoms with E-state index in [9.17, 15) is 24.5 Å². The normalized spacial score (nSPS) is 11.2. The summed E-state index contributed by atoms with van der Waals surface area (Å²) in [6.07, 6.45) is 0. The molecule has 1 aromatic heterocycles. The van der Waals surface area contributed by atoms with Gasteiger partial charge in [-0.05, 0) is 12.1 Å². The number of fused-ring (bicyclic) bond motifs is 2. The highest BCUT2D eigenvalue weighted by molar-refractivity contribution is 5.96. The van der Waals surface area contributed by atoms with E-state index in [1.165, 1.54) is 6.07 Å². The summed E-state index contributed by atoms with van der Waals surface area (Å²) in [5, 5.41) is 28.0. The lowest BCUT2D eigenvalue weighted by atomic mass is 10.1. The maximum atomic E-state index is 13.3. The molecule has 0 saturated carbocycles. The lowest BCUT2D eigenvalue weighted by molar-refractivity contribution is 0.437. The third-order valence-electron chi connectivity index (χ3n) is 2.83. The van der Waals surface area contributed by atoms with Gasteiger partial charge in [0.25, 0.3) is 0 Å². The van der Waals surface area contributed by atoms with Crippen molar-refractivity contribution in [1.29, 1.82) is 0 Å². The van der Waals surface area contributed by atoms with E-state index in [0.29, 0.717) is 0 Å².